The van der Waals surface area contributed by atoms with Crippen molar-refractivity contribution in [2.75, 3.05) is 47.5 Å². The third-order valence-electron chi connectivity index (χ3n) is 6.57. The van der Waals surface area contributed by atoms with Crippen LogP contribution in [-0.2, 0) is 4.79 Å². The Balaban J connectivity index is 1.41. The molecule has 0 radical (unpaired) electrons. The lowest BCUT2D eigenvalue weighted by Crippen LogP contribution is -2.52. The summed E-state index contributed by atoms with van der Waals surface area (Å²) in [4.78, 5) is 58.5. The highest BCUT2D eigenvalue weighted by atomic mass is 16.5. The van der Waals surface area contributed by atoms with Crippen LogP contribution >= 0.6 is 0 Å². The molecule has 0 unspecified atom stereocenters. The van der Waals surface area contributed by atoms with Crippen molar-refractivity contribution in [3.05, 3.63) is 60.0 Å². The molecule has 39 heavy (non-hydrogen) atoms. The molecule has 0 saturated carbocycles. The van der Waals surface area contributed by atoms with E-state index in [0.717, 1.165) is 0 Å². The van der Waals surface area contributed by atoms with Gasteiger partial charge in [0.25, 0.3) is 17.6 Å². The van der Waals surface area contributed by atoms with Gasteiger partial charge in [-0.3, -0.25) is 14.4 Å². The summed E-state index contributed by atoms with van der Waals surface area (Å²) in [5.74, 6) is -0.917. The number of hydrogen-bond acceptors (Lipinski definition) is 9. The molecular weight excluding hydrogens is 504 g/mol. The molecule has 1 aliphatic heterocycles. The summed E-state index contributed by atoms with van der Waals surface area (Å²) in [6, 6.07) is 9.09. The molecule has 12 heteroatoms. The highest BCUT2D eigenvalue weighted by Crippen LogP contribution is 2.37. The van der Waals surface area contributed by atoms with E-state index in [1.807, 2.05) is 6.07 Å². The molecule has 0 atom stereocenters. The first-order valence-corrected chi connectivity index (χ1v) is 12.1. The molecule has 1 fully saturated rings. The van der Waals surface area contributed by atoms with Gasteiger partial charge >= 0.3 is 6.01 Å². The van der Waals surface area contributed by atoms with E-state index >= 15 is 0 Å². The Morgan fingerprint density at radius 2 is 1.59 bits per heavy atom. The number of fused-ring (bicyclic) bond motifs is 1. The number of H-pyrrole nitrogens is 1. The van der Waals surface area contributed by atoms with Crippen molar-refractivity contribution >= 4 is 28.5 Å². The molecule has 12 nitrogen and oxygen atoms in total. The summed E-state index contributed by atoms with van der Waals surface area (Å²) < 4.78 is 16.0. The van der Waals surface area contributed by atoms with Gasteiger partial charge in [-0.25, -0.2) is 9.97 Å². The molecule has 4 heterocycles. The fourth-order valence-electron chi connectivity index (χ4n) is 4.56. The number of carbonyl (C=O) groups is 3. The van der Waals surface area contributed by atoms with Crippen molar-refractivity contribution in [3.8, 4) is 28.9 Å². The van der Waals surface area contributed by atoms with Gasteiger partial charge in [0.15, 0.2) is 0 Å². The summed E-state index contributed by atoms with van der Waals surface area (Å²) in [5.41, 5.74) is 2.05. The van der Waals surface area contributed by atoms with E-state index in [2.05, 4.69) is 19.9 Å². The highest BCUT2D eigenvalue weighted by Gasteiger charge is 2.31. The fraction of sp³-hybridized carbons (Fsp3) is 0.259. The number of nitrogens with zero attached hydrogens (tertiary/aromatic N) is 5. The van der Waals surface area contributed by atoms with Crippen molar-refractivity contribution < 1.29 is 28.6 Å². The standard InChI is InChI=1S/C27H26N6O6/c1-37-19-15-29-21(18-14-30-27(39-3)31-24(18)38-2)22-20(19)17(13-28-22)23(34)26(36)33-11-9-32(10-12-33)25(35)16-7-5-4-6-8-16/h4-8,13-15,28H,9-12H2,1-3H3. The molecule has 2 amide bonds. The van der Waals surface area contributed by atoms with E-state index in [9.17, 15) is 14.4 Å². The number of ether oxygens (including phenoxy) is 3. The van der Waals surface area contributed by atoms with Crippen molar-refractivity contribution in [2.24, 2.45) is 0 Å². The summed E-state index contributed by atoms with van der Waals surface area (Å²) in [6.45, 7) is 1.15. The number of piperazine rings is 1. The second-order valence-corrected chi connectivity index (χ2v) is 8.69. The van der Waals surface area contributed by atoms with E-state index in [-0.39, 0.29) is 36.5 Å². The van der Waals surface area contributed by atoms with Crippen molar-refractivity contribution in [1.82, 2.24) is 29.7 Å². The summed E-state index contributed by atoms with van der Waals surface area (Å²) in [5, 5.41) is 0.400. The van der Waals surface area contributed by atoms with Crippen molar-refractivity contribution in [2.45, 2.75) is 0 Å². The molecular formula is C27H26N6O6. The summed E-state index contributed by atoms with van der Waals surface area (Å²) >= 11 is 0. The number of ketones is 1. The van der Waals surface area contributed by atoms with Crippen LogP contribution in [0.4, 0.5) is 0 Å². The maximum Gasteiger partial charge on any atom is 0.319 e. The van der Waals surface area contributed by atoms with E-state index in [1.165, 1.54) is 44.8 Å². The first-order valence-electron chi connectivity index (χ1n) is 12.1. The van der Waals surface area contributed by atoms with E-state index in [0.29, 0.717) is 46.6 Å². The first kappa shape index (κ1) is 25.6. The average Bonchev–Trinajstić information content (AvgIpc) is 3.45. The SMILES string of the molecule is COc1ncc(-c2ncc(OC)c3c(C(=O)C(=O)N4CCN(C(=O)c5ccccc5)CC4)c[nH]c23)c(OC)n1. The Hall–Kier alpha value is -5.00. The summed E-state index contributed by atoms with van der Waals surface area (Å²) in [6.07, 6.45) is 4.43. The monoisotopic (exact) mass is 530 g/mol. The Morgan fingerprint density at radius 1 is 0.872 bits per heavy atom. The number of nitrogens with one attached hydrogen (secondary N) is 1. The van der Waals surface area contributed by atoms with Crippen LogP contribution in [0.15, 0.2) is 48.9 Å². The number of Topliss-reactive ketones (excluding diaryl/α,β-unsaturated/α-hetero) is 1. The Kier molecular flexibility index (Phi) is 7.08. The maximum absolute atomic E-state index is 13.4. The predicted molar refractivity (Wildman–Crippen MR) is 140 cm³/mol. The molecule has 3 aromatic heterocycles. The van der Waals surface area contributed by atoms with Gasteiger partial charge in [-0.2, -0.15) is 4.98 Å². The van der Waals surface area contributed by atoms with Gasteiger partial charge in [-0.1, -0.05) is 18.2 Å². The summed E-state index contributed by atoms with van der Waals surface area (Å²) in [7, 11) is 4.36. The number of methoxy groups -OCH3 is 3. The van der Waals surface area contributed by atoms with E-state index in [4.69, 9.17) is 14.2 Å². The molecule has 1 aliphatic rings. The van der Waals surface area contributed by atoms with Crippen LogP contribution in [-0.4, -0.2) is 94.8 Å². The Labute approximate surface area is 223 Å². The lowest BCUT2D eigenvalue weighted by atomic mass is 10.1. The molecule has 1 aromatic carbocycles. The molecule has 200 valence electrons. The lowest BCUT2D eigenvalue weighted by molar-refractivity contribution is -0.127. The average molecular weight is 531 g/mol. The normalized spacial score (nSPS) is 13.3. The largest absolute Gasteiger partial charge is 0.494 e. The maximum atomic E-state index is 13.4. The van der Waals surface area contributed by atoms with Gasteiger partial charge < -0.3 is 29.0 Å². The zero-order chi connectivity index (χ0) is 27.5. The zero-order valence-electron chi connectivity index (χ0n) is 21.6. The van der Waals surface area contributed by atoms with Crippen LogP contribution in [0.1, 0.15) is 20.7 Å². The number of pyridine rings is 1. The quantitative estimate of drug-likeness (QED) is 0.281. The molecule has 0 bridgehead atoms. The highest BCUT2D eigenvalue weighted by molar-refractivity contribution is 6.45. The molecule has 1 saturated heterocycles. The van der Waals surface area contributed by atoms with Crippen LogP contribution in [0, 0.1) is 0 Å². The van der Waals surface area contributed by atoms with E-state index in [1.54, 1.807) is 29.2 Å². The van der Waals surface area contributed by atoms with Crippen LogP contribution in [0.3, 0.4) is 0 Å². The van der Waals surface area contributed by atoms with E-state index < -0.39 is 11.7 Å². The molecule has 0 aliphatic carbocycles. The van der Waals surface area contributed by atoms with Crippen LogP contribution in [0.2, 0.25) is 0 Å². The lowest BCUT2D eigenvalue weighted by Gasteiger charge is -2.34. The van der Waals surface area contributed by atoms with Gasteiger partial charge in [0.2, 0.25) is 5.88 Å². The van der Waals surface area contributed by atoms with Gasteiger partial charge in [-0.15, -0.1) is 0 Å². The Morgan fingerprint density at radius 3 is 2.26 bits per heavy atom. The molecule has 1 N–H and O–H groups in total. The number of benzene rings is 1. The second-order valence-electron chi connectivity index (χ2n) is 8.69. The number of aromatic nitrogens is 4. The minimum atomic E-state index is -0.697. The van der Waals surface area contributed by atoms with Crippen LogP contribution in [0.5, 0.6) is 17.6 Å². The zero-order valence-corrected chi connectivity index (χ0v) is 21.6. The number of carbonyl (C=O) groups excluding carboxylic acids is 3. The predicted octanol–water partition coefficient (Wildman–Crippen LogP) is 2.21. The molecule has 5 rings (SSSR count). The number of rotatable bonds is 7. The first-order chi connectivity index (χ1) is 19.0. The van der Waals surface area contributed by atoms with Crippen molar-refractivity contribution in [1.29, 1.82) is 0 Å². The number of hydrogen-bond donors (Lipinski definition) is 1. The topological polar surface area (TPSA) is 140 Å². The van der Waals surface area contributed by atoms with Crippen LogP contribution in [0.25, 0.3) is 22.2 Å². The number of amides is 2. The van der Waals surface area contributed by atoms with Crippen LogP contribution < -0.4 is 14.2 Å². The minimum Gasteiger partial charge on any atom is -0.494 e. The van der Waals surface area contributed by atoms with Gasteiger partial charge in [0.1, 0.15) is 11.4 Å². The second kappa shape index (κ2) is 10.8. The third-order valence-corrected chi connectivity index (χ3v) is 6.57. The van der Waals surface area contributed by atoms with Gasteiger partial charge in [0, 0.05) is 44.1 Å². The van der Waals surface area contributed by atoms with Gasteiger partial charge in [-0.05, 0) is 12.1 Å². The Bertz CT molecular complexity index is 1550. The minimum absolute atomic E-state index is 0.103. The smallest absolute Gasteiger partial charge is 0.319 e. The number of aromatic amines is 1. The van der Waals surface area contributed by atoms with Crippen molar-refractivity contribution in [3.63, 3.8) is 0 Å². The molecule has 0 spiro atoms. The van der Waals surface area contributed by atoms with Gasteiger partial charge in [0.05, 0.1) is 49.6 Å². The fourth-order valence-corrected chi connectivity index (χ4v) is 4.56. The molecule has 4 aromatic rings. The third kappa shape index (κ3) is 4.72.